The van der Waals surface area contributed by atoms with Gasteiger partial charge in [-0.25, -0.2) is 4.98 Å². The molecule has 0 spiro atoms. The second kappa shape index (κ2) is 9.19. The Morgan fingerprint density at radius 2 is 1.85 bits per heavy atom. The van der Waals surface area contributed by atoms with Crippen molar-refractivity contribution in [1.29, 1.82) is 0 Å². The molecular weight excluding hydrogens is 358 g/mol. The highest BCUT2D eigenvalue weighted by atomic mass is 35.5. The average molecular weight is 380 g/mol. The van der Waals surface area contributed by atoms with Crippen LogP contribution in [0.5, 0.6) is 0 Å². The molecule has 0 bridgehead atoms. The van der Waals surface area contributed by atoms with Crippen LogP contribution in [0.3, 0.4) is 0 Å². The Labute approximate surface area is 164 Å². The lowest BCUT2D eigenvalue weighted by Gasteiger charge is -2.08. The first kappa shape index (κ1) is 18.9. The molecule has 3 rings (SSSR count). The van der Waals surface area contributed by atoms with Gasteiger partial charge in [-0.3, -0.25) is 4.79 Å². The van der Waals surface area contributed by atoms with Crippen LogP contribution in [0.15, 0.2) is 66.9 Å². The molecule has 0 fully saturated rings. The molecule has 1 amide bonds. The molecule has 0 radical (unpaired) electrons. The summed E-state index contributed by atoms with van der Waals surface area (Å²) in [5.41, 5.74) is 4.06. The summed E-state index contributed by atoms with van der Waals surface area (Å²) in [6, 6.07) is 19.5. The second-order valence-corrected chi connectivity index (χ2v) is 6.89. The Bertz CT molecular complexity index is 892. The highest BCUT2D eigenvalue weighted by molar-refractivity contribution is 6.30. The summed E-state index contributed by atoms with van der Waals surface area (Å²) < 4.78 is 0. The Hall–Kier alpha value is -2.85. The number of halogens is 1. The summed E-state index contributed by atoms with van der Waals surface area (Å²) in [5.74, 6) is 0.728. The molecule has 2 N–H and O–H groups in total. The molecule has 4 nitrogen and oxygen atoms in total. The van der Waals surface area contributed by atoms with Gasteiger partial charge in [-0.2, -0.15) is 0 Å². The SMILES string of the molecule is Cc1cccc(CC(=O)Nc2ccc(NCCc3ccc(Cl)cc3)nc2)c1. The molecule has 2 aromatic carbocycles. The third-order valence-corrected chi connectivity index (χ3v) is 4.38. The number of hydrogen-bond donors (Lipinski definition) is 2. The zero-order valence-corrected chi connectivity index (χ0v) is 16.0. The quantitative estimate of drug-likeness (QED) is 0.615. The number of hydrogen-bond acceptors (Lipinski definition) is 3. The summed E-state index contributed by atoms with van der Waals surface area (Å²) in [7, 11) is 0. The first-order valence-corrected chi connectivity index (χ1v) is 9.26. The van der Waals surface area contributed by atoms with Gasteiger partial charge in [0.1, 0.15) is 5.82 Å². The van der Waals surface area contributed by atoms with Crippen LogP contribution >= 0.6 is 11.6 Å². The predicted molar refractivity (Wildman–Crippen MR) is 111 cm³/mol. The van der Waals surface area contributed by atoms with E-state index in [0.29, 0.717) is 12.1 Å². The van der Waals surface area contributed by atoms with E-state index in [1.807, 2.05) is 67.6 Å². The van der Waals surface area contributed by atoms with E-state index in [1.54, 1.807) is 6.20 Å². The maximum Gasteiger partial charge on any atom is 0.228 e. The normalized spacial score (nSPS) is 10.4. The van der Waals surface area contributed by atoms with Crippen molar-refractivity contribution in [1.82, 2.24) is 4.98 Å². The van der Waals surface area contributed by atoms with Crippen LogP contribution in [-0.2, 0) is 17.6 Å². The maximum absolute atomic E-state index is 12.2. The summed E-state index contributed by atoms with van der Waals surface area (Å²) in [5, 5.41) is 6.90. The van der Waals surface area contributed by atoms with Crippen molar-refractivity contribution in [3.63, 3.8) is 0 Å². The molecule has 0 atom stereocenters. The molecule has 5 heteroatoms. The van der Waals surface area contributed by atoms with Gasteiger partial charge in [0, 0.05) is 11.6 Å². The van der Waals surface area contributed by atoms with E-state index < -0.39 is 0 Å². The fourth-order valence-electron chi connectivity index (χ4n) is 2.77. The number of pyridine rings is 1. The van der Waals surface area contributed by atoms with Gasteiger partial charge in [-0.05, 0) is 48.7 Å². The highest BCUT2D eigenvalue weighted by Crippen LogP contribution is 2.13. The van der Waals surface area contributed by atoms with E-state index in [1.165, 1.54) is 5.56 Å². The van der Waals surface area contributed by atoms with E-state index in [9.17, 15) is 4.79 Å². The van der Waals surface area contributed by atoms with Gasteiger partial charge in [0.25, 0.3) is 0 Å². The summed E-state index contributed by atoms with van der Waals surface area (Å²) in [6.07, 6.45) is 2.90. The molecule has 1 heterocycles. The van der Waals surface area contributed by atoms with Crippen molar-refractivity contribution in [2.24, 2.45) is 0 Å². The number of nitrogens with one attached hydrogen (secondary N) is 2. The van der Waals surface area contributed by atoms with E-state index in [0.717, 1.165) is 34.9 Å². The van der Waals surface area contributed by atoms with Crippen molar-refractivity contribution in [3.05, 3.63) is 88.6 Å². The zero-order valence-electron chi connectivity index (χ0n) is 15.2. The molecule has 27 heavy (non-hydrogen) atoms. The molecule has 1 aromatic heterocycles. The van der Waals surface area contributed by atoms with Crippen molar-refractivity contribution in [3.8, 4) is 0 Å². The van der Waals surface area contributed by atoms with Crippen molar-refractivity contribution >= 4 is 29.0 Å². The van der Waals surface area contributed by atoms with Crippen LogP contribution in [0.1, 0.15) is 16.7 Å². The maximum atomic E-state index is 12.2. The highest BCUT2D eigenvalue weighted by Gasteiger charge is 2.05. The molecule has 0 unspecified atom stereocenters. The van der Waals surface area contributed by atoms with Crippen LogP contribution in [0.2, 0.25) is 5.02 Å². The Morgan fingerprint density at radius 3 is 2.56 bits per heavy atom. The van der Waals surface area contributed by atoms with Crippen molar-refractivity contribution in [2.45, 2.75) is 19.8 Å². The van der Waals surface area contributed by atoms with Gasteiger partial charge in [0.05, 0.1) is 18.3 Å². The Morgan fingerprint density at radius 1 is 1.04 bits per heavy atom. The predicted octanol–water partition coefficient (Wildman–Crippen LogP) is 4.88. The number of carbonyl (C=O) groups excluding carboxylic acids is 1. The standard InChI is InChI=1S/C22H22ClN3O/c1-16-3-2-4-18(13-16)14-22(27)26-20-9-10-21(25-15-20)24-12-11-17-5-7-19(23)8-6-17/h2-10,13,15H,11-12,14H2,1H3,(H,24,25)(H,26,27). The topological polar surface area (TPSA) is 54.0 Å². The minimum absolute atomic E-state index is 0.0501. The number of anilines is 2. The van der Waals surface area contributed by atoms with Gasteiger partial charge in [0.15, 0.2) is 0 Å². The summed E-state index contributed by atoms with van der Waals surface area (Å²) >= 11 is 5.89. The van der Waals surface area contributed by atoms with Gasteiger partial charge in [0.2, 0.25) is 5.91 Å². The molecule has 0 aliphatic carbocycles. The molecule has 138 valence electrons. The fraction of sp³-hybridized carbons (Fsp3) is 0.182. The lowest BCUT2D eigenvalue weighted by molar-refractivity contribution is -0.115. The first-order valence-electron chi connectivity index (χ1n) is 8.88. The minimum Gasteiger partial charge on any atom is -0.370 e. The van der Waals surface area contributed by atoms with E-state index >= 15 is 0 Å². The number of aryl methyl sites for hydroxylation is 1. The van der Waals surface area contributed by atoms with E-state index in [-0.39, 0.29) is 5.91 Å². The van der Waals surface area contributed by atoms with E-state index in [4.69, 9.17) is 11.6 Å². The van der Waals surface area contributed by atoms with Gasteiger partial charge in [-0.15, -0.1) is 0 Å². The Balaban J connectivity index is 1.46. The molecule has 0 aliphatic heterocycles. The number of nitrogens with zero attached hydrogens (tertiary/aromatic N) is 1. The number of carbonyl (C=O) groups is 1. The van der Waals surface area contributed by atoms with E-state index in [2.05, 4.69) is 15.6 Å². The minimum atomic E-state index is -0.0501. The van der Waals surface area contributed by atoms with Crippen molar-refractivity contribution < 1.29 is 4.79 Å². The molecule has 0 saturated carbocycles. The fourth-order valence-corrected chi connectivity index (χ4v) is 2.90. The number of amides is 1. The first-order chi connectivity index (χ1) is 13.1. The average Bonchev–Trinajstić information content (AvgIpc) is 2.65. The van der Waals surface area contributed by atoms with Crippen LogP contribution in [0, 0.1) is 6.92 Å². The molecular formula is C22H22ClN3O. The van der Waals surface area contributed by atoms with Gasteiger partial charge < -0.3 is 10.6 Å². The van der Waals surface area contributed by atoms with Crippen LogP contribution in [0.4, 0.5) is 11.5 Å². The summed E-state index contributed by atoms with van der Waals surface area (Å²) in [6.45, 7) is 2.79. The molecule has 0 saturated heterocycles. The van der Waals surface area contributed by atoms with Crippen molar-refractivity contribution in [2.75, 3.05) is 17.2 Å². The van der Waals surface area contributed by atoms with Crippen LogP contribution in [-0.4, -0.2) is 17.4 Å². The lowest BCUT2D eigenvalue weighted by Crippen LogP contribution is -2.14. The third-order valence-electron chi connectivity index (χ3n) is 4.13. The van der Waals surface area contributed by atoms with Crippen LogP contribution in [0.25, 0.3) is 0 Å². The third kappa shape index (κ3) is 6.12. The number of rotatable bonds is 7. The number of aromatic nitrogens is 1. The molecule has 0 aliphatic rings. The summed E-state index contributed by atoms with van der Waals surface area (Å²) in [4.78, 5) is 16.5. The Kier molecular flexibility index (Phi) is 6.44. The van der Waals surface area contributed by atoms with Gasteiger partial charge >= 0.3 is 0 Å². The zero-order chi connectivity index (χ0) is 19.1. The monoisotopic (exact) mass is 379 g/mol. The van der Waals surface area contributed by atoms with Crippen LogP contribution < -0.4 is 10.6 Å². The van der Waals surface area contributed by atoms with Gasteiger partial charge in [-0.1, -0.05) is 53.6 Å². The lowest BCUT2D eigenvalue weighted by atomic mass is 10.1. The largest absolute Gasteiger partial charge is 0.370 e. The smallest absolute Gasteiger partial charge is 0.228 e. The molecule has 3 aromatic rings. The number of benzene rings is 2. The second-order valence-electron chi connectivity index (χ2n) is 6.45.